The standard InChI is InChI=1S/C4H6BrFO2/c5-3(6)1-2-4(7)8/h3H,1-2H2,(H,7,8). The molecule has 48 valence electrons. The normalized spacial score (nSPS) is 13.2. The predicted octanol–water partition coefficient (Wildman–Crippen LogP) is 1.54. The van der Waals surface area contributed by atoms with Crippen molar-refractivity contribution in [2.45, 2.75) is 17.9 Å². The number of aliphatic carboxylic acids is 1. The van der Waals surface area contributed by atoms with Crippen LogP contribution in [0.4, 0.5) is 4.39 Å². The zero-order valence-corrected chi connectivity index (χ0v) is 5.69. The lowest BCUT2D eigenvalue weighted by Crippen LogP contribution is -1.97. The summed E-state index contributed by atoms with van der Waals surface area (Å²) in [4.78, 5) is 9.72. The minimum absolute atomic E-state index is 0.0370. The summed E-state index contributed by atoms with van der Waals surface area (Å²) in [7, 11) is 0. The molecule has 0 aliphatic heterocycles. The number of hydrogen-bond donors (Lipinski definition) is 1. The fourth-order valence-electron chi connectivity index (χ4n) is 0.233. The molecule has 0 fully saturated rings. The van der Waals surface area contributed by atoms with Gasteiger partial charge in [0, 0.05) is 6.42 Å². The Kier molecular flexibility index (Phi) is 3.77. The second kappa shape index (κ2) is 3.83. The van der Waals surface area contributed by atoms with Gasteiger partial charge in [-0.05, 0) is 6.42 Å². The van der Waals surface area contributed by atoms with E-state index in [1.54, 1.807) is 0 Å². The van der Waals surface area contributed by atoms with E-state index in [1.807, 2.05) is 0 Å². The summed E-state index contributed by atoms with van der Waals surface area (Å²) in [6, 6.07) is 0. The van der Waals surface area contributed by atoms with Crippen molar-refractivity contribution in [1.82, 2.24) is 0 Å². The zero-order chi connectivity index (χ0) is 6.57. The monoisotopic (exact) mass is 184 g/mol. The van der Waals surface area contributed by atoms with Crippen LogP contribution in [-0.4, -0.2) is 16.2 Å². The van der Waals surface area contributed by atoms with E-state index in [-0.39, 0.29) is 12.8 Å². The van der Waals surface area contributed by atoms with Gasteiger partial charge in [-0.2, -0.15) is 0 Å². The van der Waals surface area contributed by atoms with Crippen molar-refractivity contribution in [1.29, 1.82) is 0 Å². The van der Waals surface area contributed by atoms with E-state index in [4.69, 9.17) is 5.11 Å². The third-order valence-corrected chi connectivity index (χ3v) is 1.03. The van der Waals surface area contributed by atoms with Gasteiger partial charge in [-0.25, -0.2) is 4.39 Å². The highest BCUT2D eigenvalue weighted by molar-refractivity contribution is 9.09. The summed E-state index contributed by atoms with van der Waals surface area (Å²) >= 11 is 2.57. The third-order valence-electron chi connectivity index (χ3n) is 0.576. The molecule has 0 heterocycles. The Morgan fingerprint density at radius 1 is 1.88 bits per heavy atom. The van der Waals surface area contributed by atoms with E-state index in [2.05, 4.69) is 15.9 Å². The molecule has 0 radical (unpaired) electrons. The molecule has 1 atom stereocenters. The molecule has 8 heavy (non-hydrogen) atoms. The summed E-state index contributed by atoms with van der Waals surface area (Å²) < 4.78 is 11.7. The molecule has 0 amide bonds. The van der Waals surface area contributed by atoms with Gasteiger partial charge >= 0.3 is 5.97 Å². The Morgan fingerprint density at radius 2 is 2.38 bits per heavy atom. The Hall–Kier alpha value is -0.120. The number of halogens is 2. The lowest BCUT2D eigenvalue weighted by molar-refractivity contribution is -0.137. The average molecular weight is 185 g/mol. The fourth-order valence-corrected chi connectivity index (χ4v) is 0.462. The van der Waals surface area contributed by atoms with Gasteiger partial charge in [-0.15, -0.1) is 0 Å². The smallest absolute Gasteiger partial charge is 0.303 e. The highest BCUT2D eigenvalue weighted by Crippen LogP contribution is 2.07. The molecule has 1 N–H and O–H groups in total. The molecular formula is C4H6BrFO2. The molecule has 0 aliphatic rings. The first-order valence-corrected chi connectivity index (χ1v) is 3.04. The first-order valence-electron chi connectivity index (χ1n) is 2.13. The van der Waals surface area contributed by atoms with Crippen LogP contribution in [0.1, 0.15) is 12.8 Å². The number of carboxylic acid groups (broad SMARTS) is 1. The Morgan fingerprint density at radius 3 is 2.50 bits per heavy atom. The van der Waals surface area contributed by atoms with Crippen molar-refractivity contribution in [2.24, 2.45) is 0 Å². The van der Waals surface area contributed by atoms with E-state index in [1.165, 1.54) is 0 Å². The molecule has 0 spiro atoms. The fraction of sp³-hybridized carbons (Fsp3) is 0.750. The summed E-state index contributed by atoms with van der Waals surface area (Å²) in [5, 5.41) is 6.79. The van der Waals surface area contributed by atoms with Crippen LogP contribution in [0.25, 0.3) is 0 Å². The van der Waals surface area contributed by atoms with E-state index in [0.717, 1.165) is 0 Å². The van der Waals surface area contributed by atoms with Crippen LogP contribution in [0, 0.1) is 0 Å². The van der Waals surface area contributed by atoms with E-state index in [0.29, 0.717) is 0 Å². The van der Waals surface area contributed by atoms with E-state index in [9.17, 15) is 9.18 Å². The lowest BCUT2D eigenvalue weighted by Gasteiger charge is -1.92. The van der Waals surface area contributed by atoms with Crippen molar-refractivity contribution in [3.63, 3.8) is 0 Å². The molecule has 0 saturated carbocycles. The summed E-state index contributed by atoms with van der Waals surface area (Å²) in [5.74, 6) is -0.966. The van der Waals surface area contributed by atoms with Crippen molar-refractivity contribution in [3.8, 4) is 0 Å². The van der Waals surface area contributed by atoms with Gasteiger partial charge in [0.05, 0.1) is 0 Å². The topological polar surface area (TPSA) is 37.3 Å². The van der Waals surface area contributed by atoms with Gasteiger partial charge in [0.15, 0.2) is 5.08 Å². The first-order chi connectivity index (χ1) is 3.63. The third kappa shape index (κ3) is 5.88. The minimum atomic E-state index is -1.18. The van der Waals surface area contributed by atoms with Crippen LogP contribution in [0.3, 0.4) is 0 Å². The summed E-state index contributed by atoms with van der Waals surface area (Å²) in [5.41, 5.74) is 0. The molecule has 0 aliphatic carbocycles. The van der Waals surface area contributed by atoms with E-state index >= 15 is 0 Å². The molecule has 0 bridgehead atoms. The maximum atomic E-state index is 11.7. The average Bonchev–Trinajstić information content (AvgIpc) is 1.61. The van der Waals surface area contributed by atoms with Crippen LogP contribution in [0.2, 0.25) is 0 Å². The molecule has 4 heteroatoms. The molecule has 0 aromatic rings. The van der Waals surface area contributed by atoms with Gasteiger partial charge in [-0.1, -0.05) is 15.9 Å². The quantitative estimate of drug-likeness (QED) is 0.677. The lowest BCUT2D eigenvalue weighted by atomic mass is 10.3. The predicted molar refractivity (Wildman–Crippen MR) is 30.7 cm³/mol. The molecule has 1 unspecified atom stereocenters. The number of alkyl halides is 2. The Balaban J connectivity index is 3.05. The van der Waals surface area contributed by atoms with E-state index < -0.39 is 11.1 Å². The highest BCUT2D eigenvalue weighted by Gasteiger charge is 2.02. The zero-order valence-electron chi connectivity index (χ0n) is 4.10. The number of carboxylic acids is 1. The number of rotatable bonds is 3. The summed E-state index contributed by atoms with van der Waals surface area (Å²) in [6.45, 7) is 0. The van der Waals surface area contributed by atoms with Gasteiger partial charge < -0.3 is 5.11 Å². The second-order valence-electron chi connectivity index (χ2n) is 1.32. The first kappa shape index (κ1) is 7.88. The van der Waals surface area contributed by atoms with Gasteiger partial charge in [0.25, 0.3) is 0 Å². The maximum Gasteiger partial charge on any atom is 0.303 e. The number of carbonyl (C=O) groups is 1. The van der Waals surface area contributed by atoms with Gasteiger partial charge in [0.2, 0.25) is 0 Å². The number of hydrogen-bond acceptors (Lipinski definition) is 1. The minimum Gasteiger partial charge on any atom is -0.481 e. The van der Waals surface area contributed by atoms with Crippen LogP contribution < -0.4 is 0 Å². The largest absolute Gasteiger partial charge is 0.481 e. The Labute approximate surface area is 54.8 Å². The highest BCUT2D eigenvalue weighted by atomic mass is 79.9. The van der Waals surface area contributed by atoms with Crippen LogP contribution >= 0.6 is 15.9 Å². The van der Waals surface area contributed by atoms with Crippen molar-refractivity contribution in [3.05, 3.63) is 0 Å². The second-order valence-corrected chi connectivity index (χ2v) is 2.32. The van der Waals surface area contributed by atoms with Crippen molar-refractivity contribution in [2.75, 3.05) is 0 Å². The van der Waals surface area contributed by atoms with Crippen LogP contribution in [0.5, 0.6) is 0 Å². The molecule has 0 aromatic carbocycles. The molecular weight excluding hydrogens is 179 g/mol. The van der Waals surface area contributed by atoms with Crippen molar-refractivity contribution >= 4 is 21.9 Å². The van der Waals surface area contributed by atoms with Crippen molar-refractivity contribution < 1.29 is 14.3 Å². The maximum absolute atomic E-state index is 11.7. The molecule has 0 rings (SSSR count). The summed E-state index contributed by atoms with van der Waals surface area (Å²) in [6.07, 6.45) is -0.0816. The SMILES string of the molecule is O=C(O)CCC(F)Br. The van der Waals surface area contributed by atoms with Gasteiger partial charge in [0.1, 0.15) is 0 Å². The van der Waals surface area contributed by atoms with Gasteiger partial charge in [-0.3, -0.25) is 4.79 Å². The molecule has 0 aromatic heterocycles. The van der Waals surface area contributed by atoms with Crippen LogP contribution in [-0.2, 0) is 4.79 Å². The van der Waals surface area contributed by atoms with Crippen LogP contribution in [0.15, 0.2) is 0 Å². The molecule has 0 saturated heterocycles. The Bertz CT molecular complexity index is 84.1. The molecule has 2 nitrogen and oxygen atoms in total.